The van der Waals surface area contributed by atoms with Gasteiger partial charge in [-0.3, -0.25) is 0 Å². The Hall–Kier alpha value is -1.38. The topological polar surface area (TPSA) is 12.0 Å². The molecule has 2 unspecified atom stereocenters. The molecule has 112 valence electrons. The lowest BCUT2D eigenvalue weighted by Gasteiger charge is -2.25. The molecule has 2 aromatic rings. The van der Waals surface area contributed by atoms with Crippen molar-refractivity contribution in [1.29, 1.82) is 0 Å². The minimum Gasteiger partial charge on any atom is -0.303 e. The van der Waals surface area contributed by atoms with Crippen molar-refractivity contribution in [2.75, 3.05) is 0 Å². The van der Waals surface area contributed by atoms with Crippen LogP contribution in [-0.2, 0) is 0 Å². The summed E-state index contributed by atoms with van der Waals surface area (Å²) < 4.78 is 13.4. The van der Waals surface area contributed by atoms with E-state index in [1.807, 2.05) is 30.3 Å². The molecule has 0 aliphatic rings. The van der Waals surface area contributed by atoms with Crippen LogP contribution < -0.4 is 5.32 Å². The van der Waals surface area contributed by atoms with Crippen LogP contribution in [0.3, 0.4) is 0 Å². The van der Waals surface area contributed by atoms with Gasteiger partial charge < -0.3 is 5.32 Å². The van der Waals surface area contributed by atoms with E-state index in [4.69, 9.17) is 11.6 Å². The van der Waals surface area contributed by atoms with E-state index in [1.165, 1.54) is 11.6 Å². The van der Waals surface area contributed by atoms with Gasteiger partial charge in [-0.15, -0.1) is 0 Å². The standard InChI is InChI=1S/C18H21ClFN/c1-3-17(13-8-10-15(19)11-9-13)21-18(4-2)14-6-5-7-16(20)12-14/h5-12,17-18,21H,3-4H2,1-2H3. The fourth-order valence-electron chi connectivity index (χ4n) is 2.56. The highest BCUT2D eigenvalue weighted by Crippen LogP contribution is 2.25. The Balaban J connectivity index is 2.17. The molecule has 2 rings (SSSR count). The predicted octanol–water partition coefficient (Wildman–Crippen LogP) is 5.67. The van der Waals surface area contributed by atoms with Gasteiger partial charge in [-0.1, -0.05) is 49.7 Å². The van der Waals surface area contributed by atoms with Gasteiger partial charge in [-0.05, 0) is 48.2 Å². The highest BCUT2D eigenvalue weighted by molar-refractivity contribution is 6.30. The molecule has 0 saturated heterocycles. The second kappa shape index (κ2) is 7.58. The normalized spacial score (nSPS) is 13.9. The summed E-state index contributed by atoms with van der Waals surface area (Å²) in [5.41, 5.74) is 2.20. The number of hydrogen-bond donors (Lipinski definition) is 1. The van der Waals surface area contributed by atoms with E-state index in [0.29, 0.717) is 0 Å². The number of hydrogen-bond acceptors (Lipinski definition) is 1. The van der Waals surface area contributed by atoms with Crippen LogP contribution in [0.5, 0.6) is 0 Å². The van der Waals surface area contributed by atoms with E-state index in [-0.39, 0.29) is 17.9 Å². The molecule has 21 heavy (non-hydrogen) atoms. The Morgan fingerprint density at radius 3 is 2.14 bits per heavy atom. The van der Waals surface area contributed by atoms with E-state index < -0.39 is 0 Å². The molecule has 0 radical (unpaired) electrons. The fourth-order valence-corrected chi connectivity index (χ4v) is 2.69. The van der Waals surface area contributed by atoms with Crippen LogP contribution >= 0.6 is 11.6 Å². The Morgan fingerprint density at radius 1 is 0.952 bits per heavy atom. The van der Waals surface area contributed by atoms with Crippen LogP contribution in [0.15, 0.2) is 48.5 Å². The van der Waals surface area contributed by atoms with Crippen LogP contribution in [0.25, 0.3) is 0 Å². The molecule has 0 amide bonds. The van der Waals surface area contributed by atoms with E-state index in [9.17, 15) is 4.39 Å². The molecule has 1 N–H and O–H groups in total. The molecular formula is C18H21ClFN. The smallest absolute Gasteiger partial charge is 0.123 e. The van der Waals surface area contributed by atoms with Gasteiger partial charge in [-0.25, -0.2) is 4.39 Å². The van der Waals surface area contributed by atoms with Crippen molar-refractivity contribution in [3.8, 4) is 0 Å². The summed E-state index contributed by atoms with van der Waals surface area (Å²) in [6, 6.07) is 15.1. The molecule has 0 heterocycles. The van der Waals surface area contributed by atoms with Crippen molar-refractivity contribution in [3.05, 3.63) is 70.5 Å². The van der Waals surface area contributed by atoms with Crippen molar-refractivity contribution in [2.45, 2.75) is 38.8 Å². The molecule has 0 aliphatic heterocycles. The monoisotopic (exact) mass is 305 g/mol. The van der Waals surface area contributed by atoms with E-state index >= 15 is 0 Å². The number of benzene rings is 2. The summed E-state index contributed by atoms with van der Waals surface area (Å²) in [4.78, 5) is 0. The van der Waals surface area contributed by atoms with E-state index in [0.717, 1.165) is 23.4 Å². The van der Waals surface area contributed by atoms with Gasteiger partial charge in [0.05, 0.1) is 0 Å². The van der Waals surface area contributed by atoms with Crippen molar-refractivity contribution in [3.63, 3.8) is 0 Å². The highest BCUT2D eigenvalue weighted by Gasteiger charge is 2.16. The predicted molar refractivity (Wildman–Crippen MR) is 87.1 cm³/mol. The first-order valence-electron chi connectivity index (χ1n) is 7.41. The Morgan fingerprint density at radius 2 is 1.57 bits per heavy atom. The zero-order valence-corrected chi connectivity index (χ0v) is 13.2. The SMILES string of the molecule is CCC(NC(CC)c1cccc(F)c1)c1ccc(Cl)cc1. The summed E-state index contributed by atoms with van der Waals surface area (Å²) in [6.07, 6.45) is 1.88. The number of rotatable bonds is 6. The molecule has 0 bridgehead atoms. The number of halogens is 2. The van der Waals surface area contributed by atoms with Crippen LogP contribution in [0, 0.1) is 5.82 Å². The first-order chi connectivity index (χ1) is 10.1. The van der Waals surface area contributed by atoms with Crippen LogP contribution in [-0.4, -0.2) is 0 Å². The van der Waals surface area contributed by atoms with Gasteiger partial charge in [0.15, 0.2) is 0 Å². The third-order valence-electron chi connectivity index (χ3n) is 3.74. The Labute approximate surface area is 131 Å². The second-order valence-corrected chi connectivity index (χ2v) is 5.63. The summed E-state index contributed by atoms with van der Waals surface area (Å²) in [6.45, 7) is 4.25. The van der Waals surface area contributed by atoms with Gasteiger partial charge in [0.25, 0.3) is 0 Å². The van der Waals surface area contributed by atoms with Crippen LogP contribution in [0.4, 0.5) is 4.39 Å². The van der Waals surface area contributed by atoms with Crippen molar-refractivity contribution < 1.29 is 4.39 Å². The lowest BCUT2D eigenvalue weighted by Crippen LogP contribution is -2.25. The minimum atomic E-state index is -0.188. The largest absolute Gasteiger partial charge is 0.303 e. The summed E-state index contributed by atoms with van der Waals surface area (Å²) >= 11 is 5.94. The third kappa shape index (κ3) is 4.29. The molecule has 0 aromatic heterocycles. The van der Waals surface area contributed by atoms with Crippen LogP contribution in [0.2, 0.25) is 5.02 Å². The van der Waals surface area contributed by atoms with Gasteiger partial charge in [-0.2, -0.15) is 0 Å². The fraction of sp³-hybridized carbons (Fsp3) is 0.333. The maximum atomic E-state index is 13.4. The average molecular weight is 306 g/mol. The molecule has 1 nitrogen and oxygen atoms in total. The van der Waals surface area contributed by atoms with E-state index in [2.05, 4.69) is 19.2 Å². The van der Waals surface area contributed by atoms with Gasteiger partial charge >= 0.3 is 0 Å². The lowest BCUT2D eigenvalue weighted by molar-refractivity contribution is 0.424. The first kappa shape index (κ1) is 16.0. The first-order valence-corrected chi connectivity index (χ1v) is 7.78. The zero-order valence-electron chi connectivity index (χ0n) is 12.4. The van der Waals surface area contributed by atoms with Crippen molar-refractivity contribution >= 4 is 11.6 Å². The maximum absolute atomic E-state index is 13.4. The lowest BCUT2D eigenvalue weighted by atomic mass is 9.99. The van der Waals surface area contributed by atoms with Gasteiger partial charge in [0, 0.05) is 17.1 Å². The Kier molecular flexibility index (Phi) is 5.77. The molecule has 0 saturated carbocycles. The molecule has 3 heteroatoms. The molecule has 0 spiro atoms. The van der Waals surface area contributed by atoms with Crippen molar-refractivity contribution in [1.82, 2.24) is 5.32 Å². The molecule has 0 fully saturated rings. The molecule has 2 aromatic carbocycles. The average Bonchev–Trinajstić information content (AvgIpc) is 2.50. The molecule has 2 atom stereocenters. The summed E-state index contributed by atoms with van der Waals surface area (Å²) in [5, 5.41) is 4.36. The zero-order chi connectivity index (χ0) is 15.2. The third-order valence-corrected chi connectivity index (χ3v) is 3.99. The maximum Gasteiger partial charge on any atom is 0.123 e. The summed E-state index contributed by atoms with van der Waals surface area (Å²) in [7, 11) is 0. The Bertz CT molecular complexity index is 568. The molecular weight excluding hydrogens is 285 g/mol. The second-order valence-electron chi connectivity index (χ2n) is 5.19. The summed E-state index contributed by atoms with van der Waals surface area (Å²) in [5.74, 6) is -0.188. The van der Waals surface area contributed by atoms with E-state index in [1.54, 1.807) is 12.1 Å². The quantitative estimate of drug-likeness (QED) is 0.725. The highest BCUT2D eigenvalue weighted by atomic mass is 35.5. The van der Waals surface area contributed by atoms with Crippen molar-refractivity contribution in [2.24, 2.45) is 0 Å². The van der Waals surface area contributed by atoms with Gasteiger partial charge in [0.2, 0.25) is 0 Å². The van der Waals surface area contributed by atoms with Gasteiger partial charge in [0.1, 0.15) is 5.82 Å². The molecule has 0 aliphatic carbocycles. The minimum absolute atomic E-state index is 0.140. The number of nitrogens with one attached hydrogen (secondary N) is 1. The van der Waals surface area contributed by atoms with Crippen LogP contribution in [0.1, 0.15) is 49.9 Å².